The van der Waals surface area contributed by atoms with Crippen molar-refractivity contribution >= 4 is 0 Å². The van der Waals surface area contributed by atoms with Crippen LogP contribution in [0.25, 0.3) is 0 Å². The van der Waals surface area contributed by atoms with E-state index in [4.69, 9.17) is 14.2 Å². The van der Waals surface area contributed by atoms with Crippen molar-refractivity contribution in [2.45, 2.75) is 176 Å². The van der Waals surface area contributed by atoms with Crippen LogP contribution in [0.3, 0.4) is 0 Å². The molecule has 9 atom stereocenters. The summed E-state index contributed by atoms with van der Waals surface area (Å²) in [5.41, 5.74) is 2.75. The molecule has 4 heteroatoms. The third-order valence-corrected chi connectivity index (χ3v) is 14.4. The second-order valence-corrected chi connectivity index (χ2v) is 18.6. The van der Waals surface area contributed by atoms with Crippen LogP contribution in [0.4, 0.5) is 0 Å². The molecule has 50 heavy (non-hydrogen) atoms. The minimum Gasteiger partial charge on any atom is -0.380 e. The first-order valence-corrected chi connectivity index (χ1v) is 21.9. The first-order valence-electron chi connectivity index (χ1n) is 21.9. The van der Waals surface area contributed by atoms with E-state index < -0.39 is 0 Å². The van der Waals surface area contributed by atoms with Crippen molar-refractivity contribution in [1.82, 2.24) is 4.90 Å². The molecule has 4 rings (SSSR count). The Kier molecular flexibility index (Phi) is 17.9. The molecule has 0 aromatic carbocycles. The van der Waals surface area contributed by atoms with Crippen LogP contribution in [0, 0.1) is 46.3 Å². The van der Waals surface area contributed by atoms with Crippen LogP contribution in [0.5, 0.6) is 0 Å². The third-order valence-electron chi connectivity index (χ3n) is 14.4. The molecular formula is C46H83NO3. The lowest BCUT2D eigenvalue weighted by Gasteiger charge is -2.58. The molecule has 0 aromatic rings. The van der Waals surface area contributed by atoms with Gasteiger partial charge < -0.3 is 19.1 Å². The minimum atomic E-state index is 0.312. The lowest BCUT2D eigenvalue weighted by atomic mass is 9.47. The van der Waals surface area contributed by atoms with Crippen molar-refractivity contribution < 1.29 is 14.2 Å². The molecule has 0 heterocycles. The van der Waals surface area contributed by atoms with Gasteiger partial charge in [0.2, 0.25) is 0 Å². The summed E-state index contributed by atoms with van der Waals surface area (Å²) in [4.78, 5) is 2.24. The van der Waals surface area contributed by atoms with Gasteiger partial charge in [0.1, 0.15) is 0 Å². The van der Waals surface area contributed by atoms with Crippen LogP contribution in [-0.2, 0) is 14.2 Å². The normalized spacial score (nSPS) is 32.3. The van der Waals surface area contributed by atoms with Crippen LogP contribution in [-0.4, -0.2) is 64.2 Å². The Morgan fingerprint density at radius 2 is 1.52 bits per heavy atom. The molecule has 290 valence electrons. The first kappa shape index (κ1) is 42.1. The number of hydrogen-bond acceptors (Lipinski definition) is 4. The van der Waals surface area contributed by atoms with Gasteiger partial charge in [0, 0.05) is 19.8 Å². The molecule has 0 N–H and O–H groups in total. The Balaban J connectivity index is 1.10. The zero-order valence-corrected chi connectivity index (χ0v) is 34.5. The second-order valence-electron chi connectivity index (χ2n) is 18.6. The van der Waals surface area contributed by atoms with Crippen LogP contribution < -0.4 is 0 Å². The highest BCUT2D eigenvalue weighted by atomic mass is 16.5. The Hall–Kier alpha value is -0.680. The van der Waals surface area contributed by atoms with Crippen LogP contribution in [0.1, 0.15) is 164 Å². The van der Waals surface area contributed by atoms with Crippen LogP contribution in [0.2, 0.25) is 0 Å². The summed E-state index contributed by atoms with van der Waals surface area (Å²) < 4.78 is 18.7. The largest absolute Gasteiger partial charge is 0.380 e. The second kappa shape index (κ2) is 21.3. The molecule has 4 aliphatic carbocycles. The summed E-state index contributed by atoms with van der Waals surface area (Å²) >= 11 is 0. The van der Waals surface area contributed by atoms with E-state index in [2.05, 4.69) is 78.8 Å². The number of unbranched alkanes of at least 4 members (excludes halogenated alkanes) is 5. The van der Waals surface area contributed by atoms with E-state index in [1.807, 2.05) is 0 Å². The van der Waals surface area contributed by atoms with E-state index >= 15 is 0 Å². The zero-order valence-electron chi connectivity index (χ0n) is 34.5. The fraction of sp³-hybridized carbons (Fsp3) is 0.913. The van der Waals surface area contributed by atoms with Crippen molar-refractivity contribution in [3.8, 4) is 0 Å². The Labute approximate surface area is 311 Å². The van der Waals surface area contributed by atoms with Gasteiger partial charge in [-0.1, -0.05) is 97.4 Å². The first-order chi connectivity index (χ1) is 24.1. The fourth-order valence-electron chi connectivity index (χ4n) is 11.2. The molecule has 1 unspecified atom stereocenters. The van der Waals surface area contributed by atoms with Gasteiger partial charge >= 0.3 is 0 Å². The van der Waals surface area contributed by atoms with Gasteiger partial charge in [-0.3, -0.25) is 0 Å². The smallest absolute Gasteiger partial charge is 0.0644 e. The van der Waals surface area contributed by atoms with Crippen molar-refractivity contribution in [3.05, 3.63) is 23.8 Å². The van der Waals surface area contributed by atoms with E-state index in [9.17, 15) is 0 Å². The Morgan fingerprint density at radius 1 is 0.800 bits per heavy atom. The molecule has 4 nitrogen and oxygen atoms in total. The summed E-state index contributed by atoms with van der Waals surface area (Å²) in [5.74, 6) is 5.45. The highest BCUT2D eigenvalue weighted by molar-refractivity contribution is 5.25. The quantitative estimate of drug-likeness (QED) is 0.0742. The maximum atomic E-state index is 6.54. The van der Waals surface area contributed by atoms with Crippen molar-refractivity contribution in [2.75, 3.05) is 47.1 Å². The van der Waals surface area contributed by atoms with Gasteiger partial charge in [0.05, 0.1) is 25.4 Å². The van der Waals surface area contributed by atoms with E-state index in [0.717, 1.165) is 94.2 Å². The zero-order chi connectivity index (χ0) is 36.0. The number of nitrogens with zero attached hydrogens (tertiary/aromatic N) is 1. The van der Waals surface area contributed by atoms with E-state index in [-0.39, 0.29) is 0 Å². The maximum Gasteiger partial charge on any atom is 0.0644 e. The van der Waals surface area contributed by atoms with Crippen molar-refractivity contribution in [2.24, 2.45) is 46.3 Å². The molecular weight excluding hydrogens is 615 g/mol. The number of hydrogen-bond donors (Lipinski definition) is 0. The number of fused-ring (bicyclic) bond motifs is 5. The summed E-state index contributed by atoms with van der Waals surface area (Å²) in [5, 5.41) is 0. The average molecular weight is 698 g/mol. The third kappa shape index (κ3) is 11.7. The van der Waals surface area contributed by atoms with E-state index in [0.29, 0.717) is 23.0 Å². The molecule has 3 saturated carbocycles. The van der Waals surface area contributed by atoms with E-state index in [1.165, 1.54) is 96.3 Å². The number of likely N-dealkylation sites (N-methyl/N-ethyl adjacent to an activating group) is 1. The van der Waals surface area contributed by atoms with Gasteiger partial charge in [0.15, 0.2) is 0 Å². The molecule has 4 aliphatic rings. The summed E-state index contributed by atoms with van der Waals surface area (Å²) in [7, 11) is 4.27. The highest BCUT2D eigenvalue weighted by Gasteiger charge is 2.59. The topological polar surface area (TPSA) is 30.9 Å². The number of ether oxygens (including phenoxy) is 3. The maximum absolute atomic E-state index is 6.54. The summed E-state index contributed by atoms with van der Waals surface area (Å²) in [6.45, 7) is 19.0. The standard InChI is InChI=1S/C46H83NO3/c1-9-10-11-12-13-14-15-16-30-48-34-39(47(7)8)35-49-31-17-18-32-50-40-26-28-45(5)38(33-40)22-23-41-43-25-24-42(37(4)21-19-20-36(2)3)46(43,6)29-27-44(41)45/h13-14,22,36-37,39-44H,9-12,15-21,23-35H2,1-8H3/b14-13-/t37-,39-,40?,41+,42-,43+,44+,45+,46-/m1/s1. The predicted octanol–water partition coefficient (Wildman–Crippen LogP) is 12.1. The van der Waals surface area contributed by atoms with Gasteiger partial charge in [-0.2, -0.15) is 0 Å². The Morgan fingerprint density at radius 3 is 2.24 bits per heavy atom. The minimum absolute atomic E-state index is 0.312. The molecule has 0 aliphatic heterocycles. The van der Waals surface area contributed by atoms with Gasteiger partial charge in [0.25, 0.3) is 0 Å². The lowest BCUT2D eigenvalue weighted by Crippen LogP contribution is -2.51. The van der Waals surface area contributed by atoms with Crippen molar-refractivity contribution in [3.63, 3.8) is 0 Å². The average Bonchev–Trinajstić information content (AvgIpc) is 3.44. The van der Waals surface area contributed by atoms with Crippen LogP contribution in [0.15, 0.2) is 23.8 Å². The molecule has 0 amide bonds. The van der Waals surface area contributed by atoms with Gasteiger partial charge in [-0.05, 0) is 150 Å². The summed E-state index contributed by atoms with van der Waals surface area (Å²) in [6, 6.07) is 0.312. The molecule has 0 bridgehead atoms. The molecule has 0 radical (unpaired) electrons. The predicted molar refractivity (Wildman–Crippen MR) is 214 cm³/mol. The monoisotopic (exact) mass is 698 g/mol. The summed E-state index contributed by atoms with van der Waals surface area (Å²) in [6.07, 6.45) is 32.6. The van der Waals surface area contributed by atoms with Gasteiger partial charge in [-0.25, -0.2) is 0 Å². The fourth-order valence-corrected chi connectivity index (χ4v) is 11.2. The lowest BCUT2D eigenvalue weighted by molar-refractivity contribution is -0.0643. The number of allylic oxidation sites excluding steroid dienone is 3. The van der Waals surface area contributed by atoms with E-state index in [1.54, 1.807) is 5.57 Å². The van der Waals surface area contributed by atoms with Crippen molar-refractivity contribution in [1.29, 1.82) is 0 Å². The molecule has 0 spiro atoms. The Bertz CT molecular complexity index is 1010. The van der Waals surface area contributed by atoms with Crippen LogP contribution >= 0.6 is 0 Å². The number of rotatable bonds is 24. The molecule has 0 saturated heterocycles. The molecule has 3 fully saturated rings. The molecule has 0 aromatic heterocycles. The van der Waals surface area contributed by atoms with Gasteiger partial charge in [-0.15, -0.1) is 0 Å². The highest BCUT2D eigenvalue weighted by Crippen LogP contribution is 2.67. The SMILES string of the molecule is CCCCC/C=C\CCCOC[C@H](COCCCCOC1CC[C@@]2(C)C(=CC[C@H]3[C@@H]4CC[C@H]([C@H](C)CCCC(C)C)[C@@]4(C)CC[C@@H]32)C1)N(C)C.